The van der Waals surface area contributed by atoms with Crippen molar-refractivity contribution in [1.29, 1.82) is 0 Å². The topological polar surface area (TPSA) is 118 Å². The number of benzene rings is 4. The quantitative estimate of drug-likeness (QED) is 0.0893. The molecular formula is C34H31ClN4O6. The summed E-state index contributed by atoms with van der Waals surface area (Å²) in [5, 5.41) is 17.6. The summed E-state index contributed by atoms with van der Waals surface area (Å²) in [6.07, 6.45) is 1.36. The van der Waals surface area contributed by atoms with Gasteiger partial charge < -0.3 is 14.2 Å². The maximum absolute atomic E-state index is 13.8. The molecule has 4 aromatic carbocycles. The van der Waals surface area contributed by atoms with Gasteiger partial charge in [0, 0.05) is 22.2 Å². The lowest BCUT2D eigenvalue weighted by Crippen LogP contribution is -2.21. The summed E-state index contributed by atoms with van der Waals surface area (Å²) >= 11 is 5.96. The van der Waals surface area contributed by atoms with Crippen LogP contribution in [0.1, 0.15) is 42.0 Å². The number of rotatable bonds is 10. The molecule has 0 amide bonds. The second-order valence-electron chi connectivity index (χ2n) is 10.6. The average Bonchev–Trinajstić information content (AvgIpc) is 3.03. The molecule has 0 atom stereocenters. The SMILES string of the molecule is COc1cc(C)c(-c2nc3ccccc3c(=O)n2N=Cc2cc(OC)c(OCc3ccc(Cl)cc3)c([N+](=O)[O-])c2)cc1C(C)C. The summed E-state index contributed by atoms with van der Waals surface area (Å²) in [5.74, 6) is 1.30. The van der Waals surface area contributed by atoms with Crippen molar-refractivity contribution in [3.05, 3.63) is 121 Å². The summed E-state index contributed by atoms with van der Waals surface area (Å²) in [6.45, 7) is 6.08. The van der Waals surface area contributed by atoms with Crippen LogP contribution in [0.15, 0.2) is 82.7 Å². The lowest BCUT2D eigenvalue weighted by Gasteiger charge is -2.17. The van der Waals surface area contributed by atoms with E-state index in [1.165, 1.54) is 24.1 Å². The molecule has 0 radical (unpaired) electrons. The molecule has 0 bridgehead atoms. The van der Waals surface area contributed by atoms with Crippen LogP contribution in [0.2, 0.25) is 5.02 Å². The highest BCUT2D eigenvalue weighted by Gasteiger charge is 2.23. The number of halogens is 1. The standard InChI is InChI=1S/C34H31ClN4O6/c1-20(2)26-17-27(21(3)14-30(26)43-4)33-37-28-9-7-6-8-25(28)34(40)38(33)36-18-23-15-29(39(41)42)32(31(16-23)44-5)45-19-22-10-12-24(35)13-11-22/h6-18,20H,19H2,1-5H3. The van der Waals surface area contributed by atoms with Gasteiger partial charge in [0.1, 0.15) is 12.4 Å². The van der Waals surface area contributed by atoms with Crippen molar-refractivity contribution in [3.8, 4) is 28.6 Å². The van der Waals surface area contributed by atoms with Gasteiger partial charge in [-0.05, 0) is 72.0 Å². The van der Waals surface area contributed by atoms with E-state index in [0.29, 0.717) is 32.9 Å². The van der Waals surface area contributed by atoms with Crippen molar-refractivity contribution in [1.82, 2.24) is 9.66 Å². The summed E-state index contributed by atoms with van der Waals surface area (Å²) in [6, 6.07) is 20.7. The first kappa shape index (κ1) is 31.2. The highest BCUT2D eigenvalue weighted by atomic mass is 35.5. The first-order valence-corrected chi connectivity index (χ1v) is 14.5. The molecule has 0 spiro atoms. The van der Waals surface area contributed by atoms with Gasteiger partial charge in [-0.1, -0.05) is 49.7 Å². The van der Waals surface area contributed by atoms with E-state index in [1.54, 1.807) is 55.6 Å². The van der Waals surface area contributed by atoms with Crippen LogP contribution >= 0.6 is 11.6 Å². The Balaban J connectivity index is 1.63. The van der Waals surface area contributed by atoms with E-state index in [-0.39, 0.29) is 29.7 Å². The molecule has 0 unspecified atom stereocenters. The van der Waals surface area contributed by atoms with Crippen LogP contribution in [0.4, 0.5) is 5.69 Å². The van der Waals surface area contributed by atoms with E-state index in [9.17, 15) is 14.9 Å². The van der Waals surface area contributed by atoms with E-state index in [4.69, 9.17) is 30.8 Å². The van der Waals surface area contributed by atoms with E-state index in [0.717, 1.165) is 22.4 Å². The third-order valence-electron chi connectivity index (χ3n) is 7.29. The van der Waals surface area contributed by atoms with Gasteiger partial charge in [0.25, 0.3) is 5.56 Å². The second kappa shape index (κ2) is 13.2. The zero-order valence-electron chi connectivity index (χ0n) is 25.4. The fourth-order valence-electron chi connectivity index (χ4n) is 4.95. The van der Waals surface area contributed by atoms with E-state index in [2.05, 4.69) is 18.9 Å². The molecular weight excluding hydrogens is 596 g/mol. The summed E-state index contributed by atoms with van der Waals surface area (Å²) in [4.78, 5) is 30.2. The number of aromatic nitrogens is 2. The van der Waals surface area contributed by atoms with Gasteiger partial charge in [0.2, 0.25) is 5.75 Å². The van der Waals surface area contributed by atoms with Crippen molar-refractivity contribution in [2.75, 3.05) is 14.2 Å². The van der Waals surface area contributed by atoms with Crippen molar-refractivity contribution < 1.29 is 19.1 Å². The fourth-order valence-corrected chi connectivity index (χ4v) is 5.07. The minimum Gasteiger partial charge on any atom is -0.496 e. The van der Waals surface area contributed by atoms with Gasteiger partial charge in [-0.2, -0.15) is 9.78 Å². The molecule has 45 heavy (non-hydrogen) atoms. The van der Waals surface area contributed by atoms with Crippen molar-refractivity contribution in [3.63, 3.8) is 0 Å². The monoisotopic (exact) mass is 626 g/mol. The molecule has 230 valence electrons. The van der Waals surface area contributed by atoms with Gasteiger partial charge in [0.15, 0.2) is 11.6 Å². The molecule has 5 aromatic rings. The predicted octanol–water partition coefficient (Wildman–Crippen LogP) is 7.54. The van der Waals surface area contributed by atoms with Crippen LogP contribution in [-0.4, -0.2) is 35.0 Å². The summed E-state index contributed by atoms with van der Waals surface area (Å²) < 4.78 is 18.1. The number of hydrogen-bond acceptors (Lipinski definition) is 8. The molecule has 0 saturated heterocycles. The molecule has 1 aromatic heterocycles. The Bertz CT molecular complexity index is 1990. The Hall–Kier alpha value is -5.22. The van der Waals surface area contributed by atoms with Crippen LogP contribution in [0.25, 0.3) is 22.3 Å². The number of methoxy groups -OCH3 is 2. The molecule has 11 heteroatoms. The van der Waals surface area contributed by atoms with Crippen LogP contribution < -0.4 is 19.8 Å². The van der Waals surface area contributed by atoms with Gasteiger partial charge in [-0.25, -0.2) is 4.98 Å². The Morgan fingerprint density at radius 3 is 2.40 bits per heavy atom. The zero-order chi connectivity index (χ0) is 32.2. The van der Waals surface area contributed by atoms with E-state index >= 15 is 0 Å². The molecule has 0 aliphatic carbocycles. The maximum Gasteiger partial charge on any atom is 0.315 e. The lowest BCUT2D eigenvalue weighted by molar-refractivity contribution is -0.386. The number of nitro benzene ring substituents is 1. The molecule has 0 fully saturated rings. The first-order valence-electron chi connectivity index (χ1n) is 14.1. The second-order valence-corrected chi connectivity index (χ2v) is 11.1. The molecule has 0 aliphatic rings. The van der Waals surface area contributed by atoms with Crippen LogP contribution in [0, 0.1) is 17.0 Å². The minimum atomic E-state index is -0.555. The molecule has 0 saturated carbocycles. The number of ether oxygens (including phenoxy) is 3. The largest absolute Gasteiger partial charge is 0.496 e. The lowest BCUT2D eigenvalue weighted by atomic mass is 9.96. The highest BCUT2D eigenvalue weighted by Crippen LogP contribution is 2.39. The zero-order valence-corrected chi connectivity index (χ0v) is 26.2. The van der Waals surface area contributed by atoms with Gasteiger partial charge in [0.05, 0.1) is 36.3 Å². The van der Waals surface area contributed by atoms with E-state index < -0.39 is 10.5 Å². The molecule has 10 nitrogen and oxygen atoms in total. The number of fused-ring (bicyclic) bond motifs is 1. The third-order valence-corrected chi connectivity index (χ3v) is 7.54. The molecule has 0 aliphatic heterocycles. The highest BCUT2D eigenvalue weighted by molar-refractivity contribution is 6.30. The Kier molecular flexibility index (Phi) is 9.15. The predicted molar refractivity (Wildman–Crippen MR) is 175 cm³/mol. The smallest absolute Gasteiger partial charge is 0.315 e. The fraction of sp³-hybridized carbons (Fsp3) is 0.206. The minimum absolute atomic E-state index is 0.0325. The summed E-state index contributed by atoms with van der Waals surface area (Å²) in [7, 11) is 3.01. The third kappa shape index (κ3) is 6.51. The molecule has 5 rings (SSSR count). The van der Waals surface area contributed by atoms with Gasteiger partial charge >= 0.3 is 5.69 Å². The average molecular weight is 627 g/mol. The number of nitrogens with zero attached hydrogens (tertiary/aromatic N) is 4. The van der Waals surface area contributed by atoms with Crippen molar-refractivity contribution in [2.24, 2.45) is 5.10 Å². The number of para-hydroxylation sites is 1. The van der Waals surface area contributed by atoms with Crippen molar-refractivity contribution in [2.45, 2.75) is 33.3 Å². The molecule has 1 heterocycles. The maximum atomic E-state index is 13.8. The van der Waals surface area contributed by atoms with Crippen LogP contribution in [-0.2, 0) is 6.61 Å². The number of aryl methyl sites for hydroxylation is 1. The van der Waals surface area contributed by atoms with Crippen LogP contribution in [0.3, 0.4) is 0 Å². The normalized spacial score (nSPS) is 11.4. The van der Waals surface area contributed by atoms with Crippen LogP contribution in [0.5, 0.6) is 17.2 Å². The molecule has 0 N–H and O–H groups in total. The number of hydrogen-bond donors (Lipinski definition) is 0. The Morgan fingerprint density at radius 1 is 1.02 bits per heavy atom. The van der Waals surface area contributed by atoms with Gasteiger partial charge in [-0.15, -0.1) is 0 Å². The Morgan fingerprint density at radius 2 is 1.73 bits per heavy atom. The number of nitro groups is 1. The van der Waals surface area contributed by atoms with Crippen molar-refractivity contribution >= 4 is 34.4 Å². The van der Waals surface area contributed by atoms with Gasteiger partial charge in [-0.3, -0.25) is 14.9 Å². The summed E-state index contributed by atoms with van der Waals surface area (Å²) in [5.41, 5.74) is 3.38. The Labute approximate surface area is 264 Å². The first-order chi connectivity index (χ1) is 21.6. The van der Waals surface area contributed by atoms with E-state index in [1.807, 2.05) is 25.1 Å².